The summed E-state index contributed by atoms with van der Waals surface area (Å²) in [5.41, 5.74) is 1.14. The lowest BCUT2D eigenvalue weighted by Gasteiger charge is -2.02. The van der Waals surface area contributed by atoms with Crippen LogP contribution in [0.15, 0.2) is 11.1 Å². The van der Waals surface area contributed by atoms with E-state index < -0.39 is 0 Å². The van der Waals surface area contributed by atoms with Gasteiger partial charge in [-0.05, 0) is 18.1 Å². The number of hydrogen-bond acceptors (Lipinski definition) is 3. The van der Waals surface area contributed by atoms with Gasteiger partial charge in [0.05, 0.1) is 19.8 Å². The molecule has 0 aliphatic carbocycles. The van der Waals surface area contributed by atoms with Gasteiger partial charge in [-0.25, -0.2) is 0 Å². The molecule has 10 heavy (non-hydrogen) atoms. The average molecular weight is 150 g/mol. The van der Waals surface area contributed by atoms with E-state index in [4.69, 9.17) is 15.3 Å². The van der Waals surface area contributed by atoms with Crippen LogP contribution in [0.4, 0.5) is 0 Å². The maximum absolute atomic E-state index is 8.50. The first kappa shape index (κ1) is 12.3. The van der Waals surface area contributed by atoms with Crippen LogP contribution in [0.3, 0.4) is 0 Å². The van der Waals surface area contributed by atoms with Crippen LogP contribution in [0.2, 0.25) is 0 Å². The average Bonchev–Trinajstić information content (AvgIpc) is 1.90. The molecule has 0 atom stereocenters. The maximum Gasteiger partial charge on any atom is 0.0667 e. The number of rotatable bonds is 3. The van der Waals surface area contributed by atoms with Crippen molar-refractivity contribution in [1.82, 2.24) is 0 Å². The van der Waals surface area contributed by atoms with Crippen molar-refractivity contribution in [3.63, 3.8) is 0 Å². The third kappa shape index (κ3) is 3.58. The first-order valence-electron chi connectivity index (χ1n) is 2.76. The van der Waals surface area contributed by atoms with Gasteiger partial charge in [-0.1, -0.05) is 0 Å². The van der Waals surface area contributed by atoms with E-state index in [0.717, 1.165) is 0 Å². The summed E-state index contributed by atoms with van der Waals surface area (Å²) < 4.78 is 0. The molecule has 5 N–H and O–H groups in total. The molecule has 0 aliphatic rings. The molecule has 0 aromatic rings. The molecule has 0 spiro atoms. The van der Waals surface area contributed by atoms with Gasteiger partial charge < -0.3 is 20.8 Å². The summed E-state index contributed by atoms with van der Waals surface area (Å²) in [6, 6.07) is 0. The molecule has 0 rings (SSSR count). The third-order valence-corrected chi connectivity index (χ3v) is 1.22. The van der Waals surface area contributed by atoms with Crippen LogP contribution in [0.5, 0.6) is 0 Å². The van der Waals surface area contributed by atoms with Gasteiger partial charge in [0.15, 0.2) is 0 Å². The van der Waals surface area contributed by atoms with Gasteiger partial charge in [-0.2, -0.15) is 0 Å². The Morgan fingerprint density at radius 3 is 1.50 bits per heavy atom. The Labute approximate surface area is 59.7 Å². The van der Waals surface area contributed by atoms with Crippen molar-refractivity contribution >= 4 is 0 Å². The molecule has 0 unspecified atom stereocenters. The summed E-state index contributed by atoms with van der Waals surface area (Å²) in [6.45, 7) is 1.21. The second kappa shape index (κ2) is 6.70. The van der Waals surface area contributed by atoms with E-state index >= 15 is 0 Å². The van der Waals surface area contributed by atoms with Crippen molar-refractivity contribution in [2.45, 2.75) is 6.92 Å². The summed E-state index contributed by atoms with van der Waals surface area (Å²) in [7, 11) is 0. The van der Waals surface area contributed by atoms with E-state index in [1.807, 2.05) is 0 Å². The van der Waals surface area contributed by atoms with E-state index in [0.29, 0.717) is 11.1 Å². The zero-order chi connectivity index (χ0) is 7.28. The molecule has 0 bridgehead atoms. The highest BCUT2D eigenvalue weighted by Crippen LogP contribution is 1.99. The fraction of sp³-hybridized carbons (Fsp3) is 0.667. The van der Waals surface area contributed by atoms with E-state index in [2.05, 4.69) is 0 Å². The molecule has 4 heteroatoms. The first-order valence-corrected chi connectivity index (χ1v) is 2.76. The molecular formula is C6H14O4. The first-order chi connectivity index (χ1) is 4.26. The SMILES string of the molecule is CC(CO)=C(CO)CO.O. The van der Waals surface area contributed by atoms with E-state index in [1.165, 1.54) is 0 Å². The minimum Gasteiger partial charge on any atom is -0.412 e. The zero-order valence-electron chi connectivity index (χ0n) is 5.96. The summed E-state index contributed by atoms with van der Waals surface area (Å²) in [6.07, 6.45) is 0. The van der Waals surface area contributed by atoms with Crippen LogP contribution < -0.4 is 0 Å². The van der Waals surface area contributed by atoms with Gasteiger partial charge >= 0.3 is 0 Å². The molecule has 0 amide bonds. The van der Waals surface area contributed by atoms with Crippen molar-refractivity contribution in [3.8, 4) is 0 Å². The fourth-order valence-corrected chi connectivity index (χ4v) is 0.432. The molecule has 0 fully saturated rings. The van der Waals surface area contributed by atoms with Crippen LogP contribution in [-0.2, 0) is 0 Å². The monoisotopic (exact) mass is 150 g/mol. The van der Waals surface area contributed by atoms with Crippen molar-refractivity contribution in [2.75, 3.05) is 19.8 Å². The Hall–Kier alpha value is -0.420. The molecule has 0 radical (unpaired) electrons. The Morgan fingerprint density at radius 1 is 1.00 bits per heavy atom. The minimum atomic E-state index is -0.178. The summed E-state index contributed by atoms with van der Waals surface area (Å²) in [5.74, 6) is 0. The highest BCUT2D eigenvalue weighted by atomic mass is 16.3. The topological polar surface area (TPSA) is 92.2 Å². The normalized spacial score (nSPS) is 8.40. The Bertz CT molecular complexity index is 102. The highest BCUT2D eigenvalue weighted by Gasteiger charge is 1.96. The van der Waals surface area contributed by atoms with E-state index in [1.54, 1.807) is 6.92 Å². The predicted molar refractivity (Wildman–Crippen MR) is 37.6 cm³/mol. The second-order valence-corrected chi connectivity index (χ2v) is 1.86. The molecule has 0 aliphatic heterocycles. The Balaban J connectivity index is 0. The van der Waals surface area contributed by atoms with Crippen LogP contribution >= 0.6 is 0 Å². The second-order valence-electron chi connectivity index (χ2n) is 1.86. The van der Waals surface area contributed by atoms with Crippen LogP contribution in [0.1, 0.15) is 6.92 Å². The van der Waals surface area contributed by atoms with Gasteiger partial charge in [0.2, 0.25) is 0 Å². The van der Waals surface area contributed by atoms with Crippen LogP contribution in [0.25, 0.3) is 0 Å². The summed E-state index contributed by atoms with van der Waals surface area (Å²) in [5, 5.41) is 25.5. The predicted octanol–water partition coefficient (Wildman–Crippen LogP) is -1.54. The molecule has 62 valence electrons. The zero-order valence-corrected chi connectivity index (χ0v) is 5.96. The lowest BCUT2D eigenvalue weighted by Crippen LogP contribution is -2.02. The molecule has 0 saturated carbocycles. The molecular weight excluding hydrogens is 136 g/mol. The Kier molecular flexibility index (Phi) is 8.22. The smallest absolute Gasteiger partial charge is 0.0667 e. The van der Waals surface area contributed by atoms with Crippen LogP contribution in [-0.4, -0.2) is 40.6 Å². The van der Waals surface area contributed by atoms with Crippen LogP contribution in [0, 0.1) is 0 Å². The number of aliphatic hydroxyl groups excluding tert-OH is 3. The van der Waals surface area contributed by atoms with Crippen molar-refractivity contribution in [3.05, 3.63) is 11.1 Å². The lowest BCUT2D eigenvalue weighted by atomic mass is 10.1. The molecule has 0 aromatic carbocycles. The number of hydrogen-bond donors (Lipinski definition) is 3. The van der Waals surface area contributed by atoms with Gasteiger partial charge in [-0.15, -0.1) is 0 Å². The molecule has 0 heterocycles. The lowest BCUT2D eigenvalue weighted by molar-refractivity contribution is 0.266. The van der Waals surface area contributed by atoms with Gasteiger partial charge in [0.1, 0.15) is 0 Å². The maximum atomic E-state index is 8.50. The molecule has 4 nitrogen and oxygen atoms in total. The van der Waals surface area contributed by atoms with E-state index in [9.17, 15) is 0 Å². The van der Waals surface area contributed by atoms with Crippen molar-refractivity contribution in [1.29, 1.82) is 0 Å². The summed E-state index contributed by atoms with van der Waals surface area (Å²) >= 11 is 0. The number of aliphatic hydroxyl groups is 3. The van der Waals surface area contributed by atoms with Crippen molar-refractivity contribution in [2.24, 2.45) is 0 Å². The Morgan fingerprint density at radius 2 is 1.40 bits per heavy atom. The third-order valence-electron chi connectivity index (χ3n) is 1.22. The van der Waals surface area contributed by atoms with Gasteiger partial charge in [0, 0.05) is 0 Å². The van der Waals surface area contributed by atoms with E-state index in [-0.39, 0.29) is 25.3 Å². The van der Waals surface area contributed by atoms with Crippen molar-refractivity contribution < 1.29 is 20.8 Å². The van der Waals surface area contributed by atoms with Gasteiger partial charge in [-0.3, -0.25) is 0 Å². The molecule has 0 saturated heterocycles. The van der Waals surface area contributed by atoms with Gasteiger partial charge in [0.25, 0.3) is 0 Å². The summed E-state index contributed by atoms with van der Waals surface area (Å²) in [4.78, 5) is 0. The minimum absolute atomic E-state index is 0. The largest absolute Gasteiger partial charge is 0.412 e. The standard InChI is InChI=1S/C6H12O3.H2O/c1-5(2-7)6(3-8)4-9;/h7-9H,2-4H2,1H3;1H2. The fourth-order valence-electron chi connectivity index (χ4n) is 0.432. The quantitative estimate of drug-likeness (QED) is 0.425. The molecule has 0 aromatic heterocycles. The highest BCUT2D eigenvalue weighted by molar-refractivity contribution is 5.12.